The van der Waals surface area contributed by atoms with Gasteiger partial charge < -0.3 is 9.30 Å². The van der Waals surface area contributed by atoms with Crippen LogP contribution in [0.25, 0.3) is 11.0 Å². The molecule has 3 heteroatoms. The van der Waals surface area contributed by atoms with E-state index in [9.17, 15) is 0 Å². The summed E-state index contributed by atoms with van der Waals surface area (Å²) in [5.41, 5.74) is 3.46. The lowest BCUT2D eigenvalue weighted by atomic mass is 10.2. The Bertz CT molecular complexity index is 703. The van der Waals surface area contributed by atoms with Crippen LogP contribution in [0.5, 0.6) is 5.75 Å². The van der Waals surface area contributed by atoms with Gasteiger partial charge in [-0.2, -0.15) is 0 Å². The van der Waals surface area contributed by atoms with Gasteiger partial charge in [0.2, 0.25) is 0 Å². The van der Waals surface area contributed by atoms with Crippen molar-refractivity contribution in [3.63, 3.8) is 0 Å². The summed E-state index contributed by atoms with van der Waals surface area (Å²) in [4.78, 5) is 4.39. The molecule has 0 aliphatic carbocycles. The van der Waals surface area contributed by atoms with E-state index in [4.69, 9.17) is 4.74 Å². The standard InChI is InChI=1S/C17H18N2O/c1-14-6-4-7-15(12-14)20-11-5-10-19-13-18-16-8-2-3-9-17(16)19/h2-4,6-9,12-13H,5,10-11H2,1H3. The van der Waals surface area contributed by atoms with Gasteiger partial charge in [0.1, 0.15) is 5.75 Å². The Balaban J connectivity index is 1.55. The van der Waals surface area contributed by atoms with Crippen molar-refractivity contribution in [3.05, 3.63) is 60.4 Å². The van der Waals surface area contributed by atoms with Gasteiger partial charge in [-0.15, -0.1) is 0 Å². The molecule has 0 N–H and O–H groups in total. The Labute approximate surface area is 118 Å². The van der Waals surface area contributed by atoms with E-state index >= 15 is 0 Å². The van der Waals surface area contributed by atoms with E-state index in [1.54, 1.807) is 0 Å². The molecule has 2 aromatic carbocycles. The SMILES string of the molecule is Cc1cccc(OCCCn2cnc3ccccc32)c1. The first-order valence-electron chi connectivity index (χ1n) is 6.92. The maximum absolute atomic E-state index is 5.76. The van der Waals surface area contributed by atoms with Crippen LogP contribution in [0.4, 0.5) is 0 Å². The maximum atomic E-state index is 5.76. The highest BCUT2D eigenvalue weighted by molar-refractivity contribution is 5.74. The molecule has 1 heterocycles. The molecule has 0 fully saturated rings. The molecule has 0 spiro atoms. The minimum Gasteiger partial charge on any atom is -0.494 e. The molecule has 102 valence electrons. The predicted molar refractivity (Wildman–Crippen MR) is 81.0 cm³/mol. The van der Waals surface area contributed by atoms with Crippen LogP contribution < -0.4 is 4.74 Å². The van der Waals surface area contributed by atoms with E-state index in [-0.39, 0.29) is 0 Å². The number of hydrogen-bond acceptors (Lipinski definition) is 2. The Morgan fingerprint density at radius 2 is 2.00 bits per heavy atom. The van der Waals surface area contributed by atoms with Crippen molar-refractivity contribution in [1.29, 1.82) is 0 Å². The lowest BCUT2D eigenvalue weighted by molar-refractivity contribution is 0.302. The lowest BCUT2D eigenvalue weighted by Gasteiger charge is -2.08. The first-order valence-corrected chi connectivity index (χ1v) is 6.92. The van der Waals surface area contributed by atoms with Crippen LogP contribution in [0.1, 0.15) is 12.0 Å². The fourth-order valence-corrected chi connectivity index (χ4v) is 2.32. The lowest BCUT2D eigenvalue weighted by Crippen LogP contribution is -2.03. The average molecular weight is 266 g/mol. The molecule has 0 amide bonds. The Kier molecular flexibility index (Phi) is 3.68. The van der Waals surface area contributed by atoms with Crippen LogP contribution in [0, 0.1) is 6.92 Å². The van der Waals surface area contributed by atoms with Gasteiger partial charge in [-0.3, -0.25) is 0 Å². The van der Waals surface area contributed by atoms with Gasteiger partial charge >= 0.3 is 0 Å². The van der Waals surface area contributed by atoms with Crippen LogP contribution >= 0.6 is 0 Å². The number of para-hydroxylation sites is 2. The molecule has 0 unspecified atom stereocenters. The van der Waals surface area contributed by atoms with E-state index in [0.717, 1.165) is 30.8 Å². The van der Waals surface area contributed by atoms with Gasteiger partial charge in [0.05, 0.1) is 24.0 Å². The number of aryl methyl sites for hydroxylation is 2. The zero-order chi connectivity index (χ0) is 13.8. The number of nitrogens with zero attached hydrogens (tertiary/aromatic N) is 2. The molecule has 0 saturated heterocycles. The van der Waals surface area contributed by atoms with Gasteiger partial charge in [0.15, 0.2) is 0 Å². The average Bonchev–Trinajstić information content (AvgIpc) is 2.87. The first-order chi connectivity index (χ1) is 9.83. The van der Waals surface area contributed by atoms with E-state index in [0.29, 0.717) is 0 Å². The predicted octanol–water partition coefficient (Wildman–Crippen LogP) is 3.81. The number of hydrogen-bond donors (Lipinski definition) is 0. The Morgan fingerprint density at radius 1 is 1.10 bits per heavy atom. The van der Waals surface area contributed by atoms with Crippen molar-refractivity contribution in [3.8, 4) is 5.75 Å². The summed E-state index contributed by atoms with van der Waals surface area (Å²) >= 11 is 0. The molecular formula is C17H18N2O. The highest BCUT2D eigenvalue weighted by atomic mass is 16.5. The van der Waals surface area contributed by atoms with Gasteiger partial charge in [0.25, 0.3) is 0 Å². The highest BCUT2D eigenvalue weighted by Gasteiger charge is 2.01. The first kappa shape index (κ1) is 12.7. The zero-order valence-corrected chi connectivity index (χ0v) is 11.6. The Morgan fingerprint density at radius 3 is 2.90 bits per heavy atom. The van der Waals surface area contributed by atoms with Crippen LogP contribution in [0.3, 0.4) is 0 Å². The van der Waals surface area contributed by atoms with Gasteiger partial charge in [0, 0.05) is 6.54 Å². The number of imidazole rings is 1. The van der Waals surface area contributed by atoms with Crippen LogP contribution in [-0.4, -0.2) is 16.2 Å². The van der Waals surface area contributed by atoms with E-state index in [1.165, 1.54) is 11.1 Å². The third kappa shape index (κ3) is 2.82. The van der Waals surface area contributed by atoms with Crippen LogP contribution in [0.15, 0.2) is 54.9 Å². The van der Waals surface area contributed by atoms with E-state index in [2.05, 4.69) is 34.7 Å². The summed E-state index contributed by atoms with van der Waals surface area (Å²) < 4.78 is 7.94. The van der Waals surface area contributed by atoms with Gasteiger partial charge in [-0.05, 0) is 43.2 Å². The molecule has 0 radical (unpaired) electrons. The second-order valence-electron chi connectivity index (χ2n) is 4.95. The monoisotopic (exact) mass is 266 g/mol. The Hall–Kier alpha value is -2.29. The summed E-state index contributed by atoms with van der Waals surface area (Å²) in [6.45, 7) is 3.72. The van der Waals surface area contributed by atoms with Crippen molar-refractivity contribution >= 4 is 11.0 Å². The number of rotatable bonds is 5. The largest absolute Gasteiger partial charge is 0.494 e. The van der Waals surface area contributed by atoms with E-state index in [1.807, 2.05) is 36.7 Å². The smallest absolute Gasteiger partial charge is 0.119 e. The molecule has 0 aliphatic rings. The molecule has 0 saturated carbocycles. The van der Waals surface area contributed by atoms with Crippen molar-refractivity contribution in [1.82, 2.24) is 9.55 Å². The number of ether oxygens (including phenoxy) is 1. The van der Waals surface area contributed by atoms with Gasteiger partial charge in [-0.1, -0.05) is 24.3 Å². The third-order valence-electron chi connectivity index (χ3n) is 3.33. The van der Waals surface area contributed by atoms with Crippen molar-refractivity contribution < 1.29 is 4.74 Å². The van der Waals surface area contributed by atoms with Crippen molar-refractivity contribution in [2.75, 3.05) is 6.61 Å². The summed E-state index contributed by atoms with van der Waals surface area (Å²) in [6, 6.07) is 16.4. The summed E-state index contributed by atoms with van der Waals surface area (Å²) in [5, 5.41) is 0. The minimum atomic E-state index is 0.718. The molecule has 0 atom stereocenters. The number of aromatic nitrogens is 2. The topological polar surface area (TPSA) is 27.1 Å². The maximum Gasteiger partial charge on any atom is 0.119 e. The van der Waals surface area contributed by atoms with Crippen molar-refractivity contribution in [2.45, 2.75) is 19.9 Å². The highest BCUT2D eigenvalue weighted by Crippen LogP contribution is 2.14. The quantitative estimate of drug-likeness (QED) is 0.656. The second-order valence-corrected chi connectivity index (χ2v) is 4.95. The molecular weight excluding hydrogens is 248 g/mol. The minimum absolute atomic E-state index is 0.718. The third-order valence-corrected chi connectivity index (χ3v) is 3.33. The summed E-state index contributed by atoms with van der Waals surface area (Å²) in [7, 11) is 0. The molecule has 1 aromatic heterocycles. The molecule has 0 aliphatic heterocycles. The van der Waals surface area contributed by atoms with Crippen molar-refractivity contribution in [2.24, 2.45) is 0 Å². The number of benzene rings is 2. The fourth-order valence-electron chi connectivity index (χ4n) is 2.32. The number of fused-ring (bicyclic) bond motifs is 1. The zero-order valence-electron chi connectivity index (χ0n) is 11.6. The van der Waals surface area contributed by atoms with Gasteiger partial charge in [-0.25, -0.2) is 4.98 Å². The molecule has 3 nitrogen and oxygen atoms in total. The molecule has 20 heavy (non-hydrogen) atoms. The van der Waals surface area contributed by atoms with Crippen LogP contribution in [0.2, 0.25) is 0 Å². The molecule has 0 bridgehead atoms. The normalized spacial score (nSPS) is 10.8. The molecule has 3 rings (SSSR count). The van der Waals surface area contributed by atoms with Crippen LogP contribution in [-0.2, 0) is 6.54 Å². The fraction of sp³-hybridized carbons (Fsp3) is 0.235. The molecule has 3 aromatic rings. The van der Waals surface area contributed by atoms with E-state index < -0.39 is 0 Å². The summed E-state index contributed by atoms with van der Waals surface area (Å²) in [5.74, 6) is 0.945. The summed E-state index contributed by atoms with van der Waals surface area (Å²) in [6.07, 6.45) is 2.87. The second kappa shape index (κ2) is 5.78.